The quantitative estimate of drug-likeness (QED) is 0.550. The van der Waals surface area contributed by atoms with Gasteiger partial charge in [-0.25, -0.2) is 4.99 Å². The predicted octanol–water partition coefficient (Wildman–Crippen LogP) is -0.669. The van der Waals surface area contributed by atoms with Gasteiger partial charge in [0, 0.05) is 11.8 Å². The van der Waals surface area contributed by atoms with E-state index >= 15 is 0 Å². The number of aliphatic hydroxyl groups excluding tert-OH is 3. The lowest BCUT2D eigenvalue weighted by Crippen LogP contribution is -2.52. The molecule has 2 rings (SSSR count). The van der Waals surface area contributed by atoms with Crippen LogP contribution < -0.4 is 5.73 Å². The van der Waals surface area contributed by atoms with E-state index in [2.05, 4.69) is 4.99 Å². The molecule has 0 bridgehead atoms. The Balaban J connectivity index is 2.31. The molecule has 5 N–H and O–H groups in total. The number of amidine groups is 1. The highest BCUT2D eigenvalue weighted by Gasteiger charge is 2.62. The Morgan fingerprint density at radius 3 is 2.62 bits per heavy atom. The molecule has 5 unspecified atom stereocenters. The van der Waals surface area contributed by atoms with E-state index in [0.717, 1.165) is 4.90 Å². The van der Waals surface area contributed by atoms with Gasteiger partial charge in [0.05, 0.1) is 6.10 Å². The van der Waals surface area contributed by atoms with Gasteiger partial charge < -0.3 is 30.7 Å². The Morgan fingerprint density at radius 1 is 1.52 bits per heavy atom. The number of hydrogen-bond donors (Lipinski definition) is 4. The van der Waals surface area contributed by atoms with Crippen molar-refractivity contribution in [3.63, 3.8) is 0 Å². The van der Waals surface area contributed by atoms with Crippen LogP contribution in [0.4, 0.5) is 8.78 Å². The molecule has 0 radical (unpaired) electrons. The van der Waals surface area contributed by atoms with Gasteiger partial charge in [-0.1, -0.05) is 6.92 Å². The van der Waals surface area contributed by atoms with Crippen molar-refractivity contribution < 1.29 is 28.8 Å². The average Bonchev–Trinajstić information content (AvgIpc) is 2.62. The molecule has 0 aromatic heterocycles. The van der Waals surface area contributed by atoms with E-state index < -0.39 is 36.8 Å². The lowest BCUT2D eigenvalue weighted by molar-refractivity contribution is -0.187. The number of aliphatic imine (C=N–C) groups is 1. The van der Waals surface area contributed by atoms with Crippen molar-refractivity contribution in [3.8, 4) is 0 Å². The average molecular weight is 307 g/mol. The van der Waals surface area contributed by atoms with E-state index in [1.54, 1.807) is 6.92 Å². The van der Waals surface area contributed by atoms with Crippen LogP contribution in [0.25, 0.3) is 0 Å². The van der Waals surface area contributed by atoms with Crippen molar-refractivity contribution in [2.45, 2.75) is 57.1 Å². The number of alkyl halides is 2. The fourth-order valence-corrected chi connectivity index (χ4v) is 2.37. The standard InChI is InChI=1S/C12H19F2N3O4/c1-3-6-4-17(11(20)16-9(6)15)10-12(13,14)8(19)7(21-10)5(2)18/h4-5,7-8,10-11,18-20H,3H2,1-2H3,(H2,15,16). The van der Waals surface area contributed by atoms with Gasteiger partial charge in [0.25, 0.3) is 0 Å². The Hall–Kier alpha value is -1.29. The van der Waals surface area contributed by atoms with Crippen LogP contribution in [0.15, 0.2) is 16.8 Å². The molecule has 120 valence electrons. The molecule has 7 nitrogen and oxygen atoms in total. The molecule has 0 saturated carbocycles. The Bertz CT molecular complexity index is 469. The molecule has 0 aliphatic carbocycles. The maximum atomic E-state index is 14.2. The highest BCUT2D eigenvalue weighted by Crippen LogP contribution is 2.40. The van der Waals surface area contributed by atoms with Crippen LogP contribution in [0.2, 0.25) is 0 Å². The van der Waals surface area contributed by atoms with Gasteiger partial charge in [0.2, 0.25) is 12.6 Å². The summed E-state index contributed by atoms with van der Waals surface area (Å²) < 4.78 is 33.4. The maximum absolute atomic E-state index is 14.2. The van der Waals surface area contributed by atoms with Crippen LogP contribution in [-0.4, -0.2) is 62.9 Å². The second-order valence-electron chi connectivity index (χ2n) is 5.13. The predicted molar refractivity (Wildman–Crippen MR) is 69.1 cm³/mol. The van der Waals surface area contributed by atoms with Gasteiger partial charge in [0.15, 0.2) is 6.10 Å². The van der Waals surface area contributed by atoms with Crippen molar-refractivity contribution in [1.82, 2.24) is 4.90 Å². The second kappa shape index (κ2) is 5.48. The minimum Gasteiger partial charge on any atom is -0.391 e. The third kappa shape index (κ3) is 2.61. The summed E-state index contributed by atoms with van der Waals surface area (Å²) in [5, 5.41) is 28.9. The fraction of sp³-hybridized carbons (Fsp3) is 0.750. The zero-order chi connectivity index (χ0) is 15.9. The molecular weight excluding hydrogens is 288 g/mol. The number of ether oxygens (including phenoxy) is 1. The Kier molecular flexibility index (Phi) is 4.20. The normalized spacial score (nSPS) is 37.2. The molecule has 0 spiro atoms. The monoisotopic (exact) mass is 307 g/mol. The van der Waals surface area contributed by atoms with Crippen molar-refractivity contribution in [1.29, 1.82) is 0 Å². The highest BCUT2D eigenvalue weighted by atomic mass is 19.3. The van der Waals surface area contributed by atoms with E-state index in [0.29, 0.717) is 12.0 Å². The summed E-state index contributed by atoms with van der Waals surface area (Å²) in [4.78, 5) is 4.46. The summed E-state index contributed by atoms with van der Waals surface area (Å²) in [5.41, 5.74) is 6.06. The summed E-state index contributed by atoms with van der Waals surface area (Å²) >= 11 is 0. The number of rotatable bonds is 3. The lowest BCUT2D eigenvalue weighted by Gasteiger charge is -2.35. The first-order chi connectivity index (χ1) is 9.70. The van der Waals surface area contributed by atoms with Crippen LogP contribution in [0.1, 0.15) is 20.3 Å². The van der Waals surface area contributed by atoms with Crippen LogP contribution in [0, 0.1) is 0 Å². The molecule has 9 heteroatoms. The molecule has 0 amide bonds. The molecule has 1 fully saturated rings. The number of hydrogen-bond acceptors (Lipinski definition) is 7. The first-order valence-corrected chi connectivity index (χ1v) is 6.59. The molecule has 21 heavy (non-hydrogen) atoms. The molecule has 5 atom stereocenters. The smallest absolute Gasteiger partial charge is 0.319 e. The van der Waals surface area contributed by atoms with Gasteiger partial charge in [-0.3, -0.25) is 0 Å². The van der Waals surface area contributed by atoms with Crippen molar-refractivity contribution >= 4 is 5.84 Å². The van der Waals surface area contributed by atoms with E-state index in [-0.39, 0.29) is 5.84 Å². The lowest BCUT2D eigenvalue weighted by atomic mass is 10.1. The maximum Gasteiger partial charge on any atom is 0.319 e. The molecule has 2 heterocycles. The van der Waals surface area contributed by atoms with Crippen LogP contribution in [0.3, 0.4) is 0 Å². The minimum absolute atomic E-state index is 0.0650. The largest absolute Gasteiger partial charge is 0.391 e. The molecule has 0 aromatic rings. The Morgan fingerprint density at radius 2 is 2.14 bits per heavy atom. The van der Waals surface area contributed by atoms with Gasteiger partial charge in [-0.15, -0.1) is 0 Å². The SMILES string of the molecule is CCC1=CN(C2OC(C(C)O)C(O)C2(F)F)C(O)N=C1N. The van der Waals surface area contributed by atoms with Crippen molar-refractivity contribution in [2.75, 3.05) is 0 Å². The topological polar surface area (TPSA) is 112 Å². The summed E-state index contributed by atoms with van der Waals surface area (Å²) in [6.45, 7) is 2.99. The van der Waals surface area contributed by atoms with Crippen molar-refractivity contribution in [2.24, 2.45) is 10.7 Å². The van der Waals surface area contributed by atoms with E-state index in [4.69, 9.17) is 10.5 Å². The third-order valence-electron chi connectivity index (χ3n) is 3.60. The van der Waals surface area contributed by atoms with Crippen LogP contribution in [0.5, 0.6) is 0 Å². The molecule has 1 saturated heterocycles. The zero-order valence-electron chi connectivity index (χ0n) is 11.6. The zero-order valence-corrected chi connectivity index (χ0v) is 11.6. The first-order valence-electron chi connectivity index (χ1n) is 6.59. The second-order valence-corrected chi connectivity index (χ2v) is 5.13. The van der Waals surface area contributed by atoms with E-state index in [9.17, 15) is 24.1 Å². The third-order valence-corrected chi connectivity index (χ3v) is 3.60. The van der Waals surface area contributed by atoms with Crippen LogP contribution >= 0.6 is 0 Å². The van der Waals surface area contributed by atoms with Gasteiger partial charge in [0.1, 0.15) is 11.9 Å². The number of halogens is 2. The molecule has 2 aliphatic rings. The van der Waals surface area contributed by atoms with E-state index in [1.165, 1.54) is 13.1 Å². The minimum atomic E-state index is -3.68. The fourth-order valence-electron chi connectivity index (χ4n) is 2.37. The van der Waals surface area contributed by atoms with Gasteiger partial charge >= 0.3 is 5.92 Å². The Labute approximate surface area is 120 Å². The summed E-state index contributed by atoms with van der Waals surface area (Å²) in [6.07, 6.45) is -6.85. The number of aliphatic hydroxyl groups is 3. The summed E-state index contributed by atoms with van der Waals surface area (Å²) in [5.74, 6) is -3.62. The summed E-state index contributed by atoms with van der Waals surface area (Å²) in [6, 6.07) is 0. The first kappa shape index (κ1) is 16.1. The molecular formula is C12H19F2N3O4. The van der Waals surface area contributed by atoms with Gasteiger partial charge in [-0.2, -0.15) is 8.78 Å². The summed E-state index contributed by atoms with van der Waals surface area (Å²) in [7, 11) is 0. The highest BCUT2D eigenvalue weighted by molar-refractivity contribution is 5.97. The molecule has 0 aromatic carbocycles. The number of nitrogens with two attached hydrogens (primary N) is 1. The van der Waals surface area contributed by atoms with Crippen molar-refractivity contribution in [3.05, 3.63) is 11.8 Å². The number of nitrogens with zero attached hydrogens (tertiary/aromatic N) is 2. The van der Waals surface area contributed by atoms with E-state index in [1.807, 2.05) is 0 Å². The van der Waals surface area contributed by atoms with Gasteiger partial charge in [-0.05, 0) is 13.3 Å². The molecule has 2 aliphatic heterocycles. The van der Waals surface area contributed by atoms with Crippen LogP contribution in [-0.2, 0) is 4.74 Å².